The lowest BCUT2D eigenvalue weighted by Gasteiger charge is -1.99. The first-order valence-corrected chi connectivity index (χ1v) is 5.76. The molecule has 2 nitrogen and oxygen atoms in total. The number of carbonyl (C=O) groups is 2. The lowest BCUT2D eigenvalue weighted by atomic mass is 10.1. The summed E-state index contributed by atoms with van der Waals surface area (Å²) >= 11 is 0. The number of hydrogen-bond donors (Lipinski definition) is 0. The van der Waals surface area contributed by atoms with Gasteiger partial charge in [-0.25, -0.2) is 0 Å². The van der Waals surface area contributed by atoms with E-state index in [1.54, 1.807) is 0 Å². The van der Waals surface area contributed by atoms with Crippen molar-refractivity contribution in [2.75, 3.05) is 0 Å². The highest BCUT2D eigenvalue weighted by molar-refractivity contribution is 5.89. The van der Waals surface area contributed by atoms with Crippen molar-refractivity contribution < 1.29 is 9.59 Å². The van der Waals surface area contributed by atoms with E-state index in [0.29, 0.717) is 12.7 Å². The molecule has 0 aliphatic rings. The Balaban J connectivity index is 3.05. The Kier molecular flexibility index (Phi) is 9.93. The van der Waals surface area contributed by atoms with Crippen LogP contribution in [0.1, 0.15) is 64.7 Å². The summed E-state index contributed by atoms with van der Waals surface area (Å²) in [6, 6.07) is 0. The minimum atomic E-state index is 0.0913. The Hall–Kier alpha value is -0.660. The summed E-state index contributed by atoms with van der Waals surface area (Å²) in [7, 11) is 0. The van der Waals surface area contributed by atoms with Gasteiger partial charge in [-0.3, -0.25) is 4.79 Å². The summed E-state index contributed by atoms with van der Waals surface area (Å²) in [5.41, 5.74) is 0. The van der Waals surface area contributed by atoms with E-state index in [1.165, 1.54) is 32.1 Å². The number of rotatable bonds is 10. The van der Waals surface area contributed by atoms with Gasteiger partial charge in [-0.15, -0.1) is 0 Å². The fourth-order valence-electron chi connectivity index (χ4n) is 1.47. The van der Waals surface area contributed by atoms with Crippen LogP contribution < -0.4 is 0 Å². The summed E-state index contributed by atoms with van der Waals surface area (Å²) < 4.78 is 0. The maximum absolute atomic E-state index is 10.9. The molecule has 0 heterocycles. The zero-order valence-electron chi connectivity index (χ0n) is 9.26. The predicted octanol–water partition coefficient (Wildman–Crippen LogP) is 3.29. The van der Waals surface area contributed by atoms with Crippen LogP contribution in [-0.2, 0) is 9.59 Å². The Bertz CT molecular complexity index is 152. The van der Waals surface area contributed by atoms with E-state index in [-0.39, 0.29) is 12.2 Å². The van der Waals surface area contributed by atoms with Crippen molar-refractivity contribution in [2.45, 2.75) is 64.7 Å². The molecule has 0 aromatic heterocycles. The Morgan fingerprint density at radius 2 is 1.57 bits per heavy atom. The maximum atomic E-state index is 10.9. The molecule has 0 rings (SSSR count). The van der Waals surface area contributed by atoms with Crippen molar-refractivity contribution in [1.29, 1.82) is 0 Å². The summed E-state index contributed by atoms with van der Waals surface area (Å²) in [5.74, 6) is 0.0913. The van der Waals surface area contributed by atoms with Gasteiger partial charge in [-0.1, -0.05) is 45.4 Å². The van der Waals surface area contributed by atoms with Crippen LogP contribution in [0, 0.1) is 0 Å². The molecule has 0 spiro atoms. The molecule has 0 aromatic rings. The number of Topliss-reactive ketones (excluding diaryl/α,β-unsaturated/α-hetero) is 1. The third-order valence-corrected chi connectivity index (χ3v) is 2.37. The smallest absolute Gasteiger partial charge is 0.139 e. The number of ketones is 1. The Morgan fingerprint density at radius 1 is 1.00 bits per heavy atom. The van der Waals surface area contributed by atoms with E-state index in [0.717, 1.165) is 12.8 Å². The second-order valence-electron chi connectivity index (χ2n) is 3.78. The molecular formula is C12H22O2. The first kappa shape index (κ1) is 13.3. The monoisotopic (exact) mass is 198 g/mol. The predicted molar refractivity (Wildman–Crippen MR) is 58.3 cm³/mol. The topological polar surface area (TPSA) is 34.1 Å². The normalized spacial score (nSPS) is 10.1. The molecule has 0 unspecified atom stereocenters. The van der Waals surface area contributed by atoms with Crippen molar-refractivity contribution in [3.63, 3.8) is 0 Å². The van der Waals surface area contributed by atoms with Gasteiger partial charge in [0.2, 0.25) is 0 Å². The van der Waals surface area contributed by atoms with E-state index in [2.05, 4.69) is 6.92 Å². The standard InChI is InChI=1S/C12H22O2/c1-2-3-4-5-6-7-8-9-12(14)10-11-13/h11H,2-10H2,1H3. The van der Waals surface area contributed by atoms with Crippen LogP contribution in [0.25, 0.3) is 0 Å². The zero-order chi connectivity index (χ0) is 10.6. The maximum Gasteiger partial charge on any atom is 0.139 e. The lowest BCUT2D eigenvalue weighted by Crippen LogP contribution is -1.97. The van der Waals surface area contributed by atoms with Crippen molar-refractivity contribution in [1.82, 2.24) is 0 Å². The molecule has 0 aliphatic carbocycles. The molecular weight excluding hydrogens is 176 g/mol. The molecule has 0 bridgehead atoms. The van der Waals surface area contributed by atoms with Crippen LogP contribution >= 0.6 is 0 Å². The van der Waals surface area contributed by atoms with Crippen molar-refractivity contribution >= 4 is 12.1 Å². The summed E-state index contributed by atoms with van der Waals surface area (Å²) in [5, 5.41) is 0. The molecule has 14 heavy (non-hydrogen) atoms. The van der Waals surface area contributed by atoms with Gasteiger partial charge in [0.15, 0.2) is 0 Å². The summed E-state index contributed by atoms with van der Waals surface area (Å²) in [6.45, 7) is 2.21. The molecule has 0 amide bonds. The van der Waals surface area contributed by atoms with E-state index < -0.39 is 0 Å². The zero-order valence-corrected chi connectivity index (χ0v) is 9.26. The quantitative estimate of drug-likeness (QED) is 0.306. The number of hydrogen-bond acceptors (Lipinski definition) is 2. The third kappa shape index (κ3) is 9.43. The van der Waals surface area contributed by atoms with Gasteiger partial charge in [-0.2, -0.15) is 0 Å². The van der Waals surface area contributed by atoms with E-state index in [1.807, 2.05) is 0 Å². The van der Waals surface area contributed by atoms with Gasteiger partial charge in [-0.05, 0) is 6.42 Å². The molecule has 0 aromatic carbocycles. The van der Waals surface area contributed by atoms with Gasteiger partial charge >= 0.3 is 0 Å². The van der Waals surface area contributed by atoms with Crippen molar-refractivity contribution in [3.8, 4) is 0 Å². The van der Waals surface area contributed by atoms with Crippen LogP contribution in [0.15, 0.2) is 0 Å². The van der Waals surface area contributed by atoms with E-state index >= 15 is 0 Å². The molecule has 0 saturated heterocycles. The van der Waals surface area contributed by atoms with Crippen LogP contribution in [0.5, 0.6) is 0 Å². The van der Waals surface area contributed by atoms with Crippen LogP contribution in [0.4, 0.5) is 0 Å². The molecule has 0 aliphatic heterocycles. The molecule has 0 fully saturated rings. The van der Waals surface area contributed by atoms with Crippen LogP contribution in [0.2, 0.25) is 0 Å². The SMILES string of the molecule is CCCCCCCCCC(=O)CC=O. The third-order valence-electron chi connectivity index (χ3n) is 2.37. The first-order chi connectivity index (χ1) is 6.81. The molecule has 0 saturated carbocycles. The average Bonchev–Trinajstić information content (AvgIpc) is 2.17. The Morgan fingerprint density at radius 3 is 2.14 bits per heavy atom. The van der Waals surface area contributed by atoms with Gasteiger partial charge in [0.05, 0.1) is 6.42 Å². The van der Waals surface area contributed by atoms with Gasteiger partial charge in [0.1, 0.15) is 12.1 Å². The van der Waals surface area contributed by atoms with Crippen LogP contribution in [-0.4, -0.2) is 12.1 Å². The van der Waals surface area contributed by atoms with E-state index in [4.69, 9.17) is 0 Å². The van der Waals surface area contributed by atoms with Crippen LogP contribution in [0.3, 0.4) is 0 Å². The molecule has 82 valence electrons. The molecule has 0 atom stereocenters. The fourth-order valence-corrected chi connectivity index (χ4v) is 1.47. The highest BCUT2D eigenvalue weighted by atomic mass is 16.1. The fraction of sp³-hybridized carbons (Fsp3) is 0.833. The first-order valence-electron chi connectivity index (χ1n) is 5.76. The second kappa shape index (κ2) is 10.4. The van der Waals surface area contributed by atoms with Gasteiger partial charge in [0.25, 0.3) is 0 Å². The Labute approximate surface area is 87.1 Å². The second-order valence-corrected chi connectivity index (χ2v) is 3.78. The van der Waals surface area contributed by atoms with Crippen molar-refractivity contribution in [2.24, 2.45) is 0 Å². The largest absolute Gasteiger partial charge is 0.303 e. The number of carbonyl (C=O) groups excluding carboxylic acids is 2. The van der Waals surface area contributed by atoms with E-state index in [9.17, 15) is 9.59 Å². The minimum absolute atomic E-state index is 0.0913. The highest BCUT2D eigenvalue weighted by Gasteiger charge is 1.99. The average molecular weight is 198 g/mol. The molecule has 2 heteroatoms. The molecule has 0 N–H and O–H groups in total. The minimum Gasteiger partial charge on any atom is -0.303 e. The van der Waals surface area contributed by atoms with Crippen molar-refractivity contribution in [3.05, 3.63) is 0 Å². The van der Waals surface area contributed by atoms with Gasteiger partial charge in [0, 0.05) is 6.42 Å². The number of aldehydes is 1. The lowest BCUT2D eigenvalue weighted by molar-refractivity contribution is -0.122. The highest BCUT2D eigenvalue weighted by Crippen LogP contribution is 2.08. The summed E-state index contributed by atoms with van der Waals surface area (Å²) in [4.78, 5) is 20.9. The number of unbranched alkanes of at least 4 members (excludes halogenated alkanes) is 6. The summed E-state index contributed by atoms with van der Waals surface area (Å²) in [6.07, 6.45) is 9.92. The molecule has 0 radical (unpaired) electrons. The van der Waals surface area contributed by atoms with Gasteiger partial charge < -0.3 is 4.79 Å².